The maximum Gasteiger partial charge on any atom is 0.257 e. The highest BCUT2D eigenvalue weighted by atomic mass is 16.5. The standard InChI is InChI=1S/C19H23N5O4/c25-17(13-2-3-13)20-8-15-16-10-28-19(12-24(16)22-21-15)5-1-6-23(11-19)18(26)14-4-7-27-9-14/h4,7,9,13H,1-3,5-6,8,10-12H2,(H,20,25). The number of piperidine rings is 1. The van der Waals surface area contributed by atoms with Gasteiger partial charge in [-0.3, -0.25) is 9.59 Å². The van der Waals surface area contributed by atoms with Gasteiger partial charge in [0.1, 0.15) is 17.6 Å². The maximum absolute atomic E-state index is 12.7. The Kier molecular flexibility index (Phi) is 4.19. The zero-order valence-corrected chi connectivity index (χ0v) is 15.6. The quantitative estimate of drug-likeness (QED) is 0.846. The van der Waals surface area contributed by atoms with Gasteiger partial charge in [-0.1, -0.05) is 5.21 Å². The number of nitrogens with one attached hydrogen (secondary N) is 1. The smallest absolute Gasteiger partial charge is 0.257 e. The summed E-state index contributed by atoms with van der Waals surface area (Å²) < 4.78 is 13.2. The van der Waals surface area contributed by atoms with E-state index in [-0.39, 0.29) is 17.7 Å². The summed E-state index contributed by atoms with van der Waals surface area (Å²) in [6, 6.07) is 1.68. The summed E-state index contributed by atoms with van der Waals surface area (Å²) in [6.45, 7) is 2.55. The summed E-state index contributed by atoms with van der Waals surface area (Å²) in [4.78, 5) is 26.4. The Labute approximate surface area is 162 Å². The molecular weight excluding hydrogens is 362 g/mol. The average Bonchev–Trinajstić information content (AvgIpc) is 3.27. The van der Waals surface area contributed by atoms with Gasteiger partial charge in [0, 0.05) is 12.5 Å². The van der Waals surface area contributed by atoms with Crippen molar-refractivity contribution in [1.82, 2.24) is 25.2 Å². The molecule has 1 aliphatic carbocycles. The molecule has 2 aromatic rings. The first-order valence-electron chi connectivity index (χ1n) is 9.78. The van der Waals surface area contributed by atoms with E-state index in [1.54, 1.807) is 6.07 Å². The fourth-order valence-corrected chi connectivity index (χ4v) is 4.08. The van der Waals surface area contributed by atoms with Gasteiger partial charge < -0.3 is 19.4 Å². The first-order valence-corrected chi connectivity index (χ1v) is 9.78. The van der Waals surface area contributed by atoms with E-state index in [1.807, 2.05) is 9.58 Å². The first kappa shape index (κ1) is 17.4. The second-order valence-electron chi connectivity index (χ2n) is 7.95. The number of furan rings is 1. The largest absolute Gasteiger partial charge is 0.472 e. The Morgan fingerprint density at radius 2 is 2.21 bits per heavy atom. The molecule has 1 unspecified atom stereocenters. The molecule has 1 atom stereocenters. The van der Waals surface area contributed by atoms with Gasteiger partial charge >= 0.3 is 0 Å². The lowest BCUT2D eigenvalue weighted by atomic mass is 9.91. The normalized spacial score (nSPS) is 24.2. The number of rotatable bonds is 4. The Bertz CT molecular complexity index is 888. The number of ether oxygens (including phenoxy) is 1. The molecular formula is C19H23N5O4. The van der Waals surface area contributed by atoms with Crippen LogP contribution < -0.4 is 5.32 Å². The Balaban J connectivity index is 1.27. The number of aromatic nitrogens is 3. The lowest BCUT2D eigenvalue weighted by molar-refractivity contribution is -0.123. The monoisotopic (exact) mass is 385 g/mol. The van der Waals surface area contributed by atoms with Crippen LogP contribution in [0.15, 0.2) is 23.0 Å². The van der Waals surface area contributed by atoms with Crippen LogP contribution >= 0.6 is 0 Å². The molecule has 3 aliphatic rings. The van der Waals surface area contributed by atoms with Crippen molar-refractivity contribution in [3.05, 3.63) is 35.5 Å². The van der Waals surface area contributed by atoms with Gasteiger partial charge in [0.2, 0.25) is 5.91 Å². The fourth-order valence-electron chi connectivity index (χ4n) is 4.08. The van der Waals surface area contributed by atoms with Crippen LogP contribution in [-0.2, 0) is 29.2 Å². The molecule has 2 aromatic heterocycles. The summed E-state index contributed by atoms with van der Waals surface area (Å²) in [5, 5.41) is 11.5. The highest BCUT2D eigenvalue weighted by Crippen LogP contribution is 2.33. The predicted molar refractivity (Wildman–Crippen MR) is 96.0 cm³/mol. The van der Waals surface area contributed by atoms with Gasteiger partial charge in [-0.05, 0) is 31.7 Å². The molecule has 1 saturated heterocycles. The van der Waals surface area contributed by atoms with Crippen molar-refractivity contribution in [3.63, 3.8) is 0 Å². The third-order valence-corrected chi connectivity index (χ3v) is 5.84. The number of hydrogen-bond donors (Lipinski definition) is 1. The molecule has 0 aromatic carbocycles. The molecule has 148 valence electrons. The van der Waals surface area contributed by atoms with Crippen LogP contribution in [0.3, 0.4) is 0 Å². The second kappa shape index (κ2) is 6.73. The summed E-state index contributed by atoms with van der Waals surface area (Å²) in [7, 11) is 0. The highest BCUT2D eigenvalue weighted by Gasteiger charge is 2.42. The highest BCUT2D eigenvalue weighted by molar-refractivity contribution is 5.93. The SMILES string of the molecule is O=C(NCc1nnn2c1COC1(CCCN(C(=O)c3ccoc3)C1)C2)C1CC1. The number of carbonyl (C=O) groups is 2. The minimum Gasteiger partial charge on any atom is -0.472 e. The average molecular weight is 385 g/mol. The van der Waals surface area contributed by atoms with E-state index in [9.17, 15) is 9.59 Å². The zero-order chi connectivity index (χ0) is 19.1. The molecule has 28 heavy (non-hydrogen) atoms. The van der Waals surface area contributed by atoms with Crippen molar-refractivity contribution in [2.45, 2.75) is 51.0 Å². The molecule has 0 bridgehead atoms. The summed E-state index contributed by atoms with van der Waals surface area (Å²) in [5.74, 6) is 0.229. The minimum absolute atomic E-state index is 0.0377. The summed E-state index contributed by atoms with van der Waals surface area (Å²) in [6.07, 6.45) is 6.68. The number of nitrogens with zero attached hydrogens (tertiary/aromatic N) is 4. The minimum atomic E-state index is -0.452. The number of likely N-dealkylation sites (tertiary alicyclic amines) is 1. The van der Waals surface area contributed by atoms with Crippen LogP contribution in [0.25, 0.3) is 0 Å². The molecule has 9 heteroatoms. The number of carbonyl (C=O) groups excluding carboxylic acids is 2. The third kappa shape index (κ3) is 3.19. The molecule has 1 N–H and O–H groups in total. The van der Waals surface area contributed by atoms with Crippen molar-refractivity contribution < 1.29 is 18.7 Å². The summed E-state index contributed by atoms with van der Waals surface area (Å²) in [5.41, 5.74) is 1.77. The Morgan fingerprint density at radius 1 is 1.32 bits per heavy atom. The van der Waals surface area contributed by atoms with Crippen LogP contribution in [0.5, 0.6) is 0 Å². The number of amides is 2. The van der Waals surface area contributed by atoms with E-state index in [2.05, 4.69) is 15.6 Å². The predicted octanol–water partition coefficient (Wildman–Crippen LogP) is 1.10. The molecule has 4 heterocycles. The molecule has 9 nitrogen and oxygen atoms in total. The zero-order valence-electron chi connectivity index (χ0n) is 15.6. The molecule has 5 rings (SSSR count). The molecule has 1 saturated carbocycles. The fraction of sp³-hybridized carbons (Fsp3) is 0.579. The molecule has 2 amide bonds. The van der Waals surface area contributed by atoms with Gasteiger partial charge in [0.25, 0.3) is 5.91 Å². The van der Waals surface area contributed by atoms with E-state index in [1.165, 1.54) is 12.5 Å². The Hall–Kier alpha value is -2.68. The van der Waals surface area contributed by atoms with Crippen LogP contribution in [0.4, 0.5) is 0 Å². The van der Waals surface area contributed by atoms with Crippen LogP contribution in [0.1, 0.15) is 47.4 Å². The molecule has 1 spiro atoms. The van der Waals surface area contributed by atoms with Crippen LogP contribution in [0.2, 0.25) is 0 Å². The molecule has 0 radical (unpaired) electrons. The molecule has 2 aliphatic heterocycles. The van der Waals surface area contributed by atoms with E-state index in [0.717, 1.165) is 37.1 Å². The van der Waals surface area contributed by atoms with Gasteiger partial charge in [0.05, 0.1) is 43.8 Å². The third-order valence-electron chi connectivity index (χ3n) is 5.84. The maximum atomic E-state index is 12.7. The van der Waals surface area contributed by atoms with E-state index in [0.29, 0.717) is 38.3 Å². The van der Waals surface area contributed by atoms with E-state index in [4.69, 9.17) is 9.15 Å². The Morgan fingerprint density at radius 3 is 3.00 bits per heavy atom. The second-order valence-corrected chi connectivity index (χ2v) is 7.95. The van der Waals surface area contributed by atoms with Crippen molar-refractivity contribution in [1.29, 1.82) is 0 Å². The van der Waals surface area contributed by atoms with Crippen molar-refractivity contribution in [3.8, 4) is 0 Å². The number of fused-ring (bicyclic) bond motifs is 1. The lowest BCUT2D eigenvalue weighted by Crippen LogP contribution is -2.55. The van der Waals surface area contributed by atoms with E-state index < -0.39 is 5.60 Å². The molecule has 2 fully saturated rings. The van der Waals surface area contributed by atoms with Gasteiger partial charge in [-0.25, -0.2) is 4.68 Å². The van der Waals surface area contributed by atoms with Crippen LogP contribution in [-0.4, -0.2) is 50.4 Å². The number of hydrogen-bond acceptors (Lipinski definition) is 6. The summed E-state index contributed by atoms with van der Waals surface area (Å²) >= 11 is 0. The van der Waals surface area contributed by atoms with Crippen molar-refractivity contribution in [2.24, 2.45) is 5.92 Å². The van der Waals surface area contributed by atoms with Crippen LogP contribution in [0, 0.1) is 5.92 Å². The van der Waals surface area contributed by atoms with Gasteiger partial charge in [-0.2, -0.15) is 0 Å². The first-order chi connectivity index (χ1) is 13.6. The lowest BCUT2D eigenvalue weighted by Gasteiger charge is -2.44. The van der Waals surface area contributed by atoms with Gasteiger partial charge in [-0.15, -0.1) is 5.10 Å². The van der Waals surface area contributed by atoms with Crippen molar-refractivity contribution >= 4 is 11.8 Å². The topological polar surface area (TPSA) is 102 Å². The van der Waals surface area contributed by atoms with Crippen molar-refractivity contribution in [2.75, 3.05) is 13.1 Å². The van der Waals surface area contributed by atoms with E-state index >= 15 is 0 Å². The van der Waals surface area contributed by atoms with Gasteiger partial charge in [0.15, 0.2) is 0 Å².